The smallest absolute Gasteiger partial charge is 0.128 e. The van der Waals surface area contributed by atoms with Gasteiger partial charge in [-0.1, -0.05) is 33.8 Å². The molecule has 0 amide bonds. The number of piperazine rings is 1. The number of anilines is 1. The van der Waals surface area contributed by atoms with Gasteiger partial charge < -0.3 is 15.1 Å². The summed E-state index contributed by atoms with van der Waals surface area (Å²) in [7, 11) is 0. The van der Waals surface area contributed by atoms with E-state index in [1.165, 1.54) is 16.8 Å². The van der Waals surface area contributed by atoms with Crippen molar-refractivity contribution in [1.82, 2.24) is 25.4 Å². The van der Waals surface area contributed by atoms with Crippen LogP contribution in [0.3, 0.4) is 0 Å². The largest absolute Gasteiger partial charge is 0.354 e. The van der Waals surface area contributed by atoms with Crippen molar-refractivity contribution in [3.63, 3.8) is 0 Å². The van der Waals surface area contributed by atoms with Crippen LogP contribution in [0.15, 0.2) is 24.5 Å². The maximum absolute atomic E-state index is 4.67. The molecule has 6 nitrogen and oxygen atoms in total. The van der Waals surface area contributed by atoms with Gasteiger partial charge in [0.25, 0.3) is 0 Å². The lowest BCUT2D eigenvalue weighted by atomic mass is 9.89. The Morgan fingerprint density at radius 1 is 1.08 bits per heavy atom. The van der Waals surface area contributed by atoms with Crippen molar-refractivity contribution in [3.05, 3.63) is 41.3 Å². The predicted molar refractivity (Wildman–Crippen MR) is 106 cm³/mol. The standard InChI is InChI=1S/C20H32N6/c1-5-25-8-10-26(11-9-25)18-7-6-16(13-22-18)12-21-14-17-15-23-24-19(17)20(2,3)4/h6-7,13,15,21H,5,8-12,14H2,1-4H3,(H,23,24). The van der Waals surface area contributed by atoms with E-state index in [1.54, 1.807) is 0 Å². The molecule has 26 heavy (non-hydrogen) atoms. The number of likely N-dealkylation sites (N-methyl/N-ethyl adjacent to an activating group) is 1. The fraction of sp³-hybridized carbons (Fsp3) is 0.600. The van der Waals surface area contributed by atoms with Crippen LogP contribution in [0.4, 0.5) is 5.82 Å². The van der Waals surface area contributed by atoms with Gasteiger partial charge in [-0.3, -0.25) is 5.10 Å². The van der Waals surface area contributed by atoms with Crippen molar-refractivity contribution >= 4 is 5.82 Å². The Morgan fingerprint density at radius 3 is 2.46 bits per heavy atom. The quantitative estimate of drug-likeness (QED) is 0.833. The number of hydrogen-bond acceptors (Lipinski definition) is 5. The Kier molecular flexibility index (Phi) is 5.94. The number of aromatic nitrogens is 3. The van der Waals surface area contributed by atoms with Crippen LogP contribution in [0, 0.1) is 0 Å². The highest BCUT2D eigenvalue weighted by Gasteiger charge is 2.19. The molecule has 2 aromatic heterocycles. The molecule has 0 bridgehead atoms. The molecule has 6 heteroatoms. The third kappa shape index (κ3) is 4.62. The first-order valence-corrected chi connectivity index (χ1v) is 9.63. The van der Waals surface area contributed by atoms with Crippen molar-refractivity contribution in [2.45, 2.75) is 46.2 Å². The Balaban J connectivity index is 1.50. The minimum Gasteiger partial charge on any atom is -0.354 e. The second-order valence-electron chi connectivity index (χ2n) is 8.07. The summed E-state index contributed by atoms with van der Waals surface area (Å²) >= 11 is 0. The fourth-order valence-electron chi connectivity index (χ4n) is 3.44. The van der Waals surface area contributed by atoms with Gasteiger partial charge in [-0.2, -0.15) is 5.10 Å². The monoisotopic (exact) mass is 356 g/mol. The molecule has 1 aliphatic rings. The average molecular weight is 357 g/mol. The first kappa shape index (κ1) is 18.9. The van der Waals surface area contributed by atoms with E-state index in [9.17, 15) is 0 Å². The maximum Gasteiger partial charge on any atom is 0.128 e. The van der Waals surface area contributed by atoms with Crippen LogP contribution >= 0.6 is 0 Å². The minimum atomic E-state index is 0.0819. The average Bonchev–Trinajstić information content (AvgIpc) is 3.11. The number of nitrogens with zero attached hydrogens (tertiary/aromatic N) is 4. The van der Waals surface area contributed by atoms with Crippen molar-refractivity contribution in [2.24, 2.45) is 0 Å². The van der Waals surface area contributed by atoms with Gasteiger partial charge in [0.15, 0.2) is 0 Å². The van der Waals surface area contributed by atoms with Crippen LogP contribution in [0.1, 0.15) is 44.5 Å². The lowest BCUT2D eigenvalue weighted by molar-refractivity contribution is 0.270. The van der Waals surface area contributed by atoms with Gasteiger partial charge in [-0.15, -0.1) is 0 Å². The molecular formula is C20H32N6. The van der Waals surface area contributed by atoms with Crippen molar-refractivity contribution < 1.29 is 0 Å². The summed E-state index contributed by atoms with van der Waals surface area (Å²) in [5.41, 5.74) is 3.72. The Morgan fingerprint density at radius 2 is 1.85 bits per heavy atom. The van der Waals surface area contributed by atoms with Gasteiger partial charge in [0.1, 0.15) is 5.82 Å². The van der Waals surface area contributed by atoms with Gasteiger partial charge in [0, 0.05) is 62.1 Å². The number of H-pyrrole nitrogens is 1. The second kappa shape index (κ2) is 8.18. The summed E-state index contributed by atoms with van der Waals surface area (Å²) in [6.45, 7) is 16.0. The minimum absolute atomic E-state index is 0.0819. The summed E-state index contributed by atoms with van der Waals surface area (Å²) in [6.07, 6.45) is 3.92. The molecule has 0 aromatic carbocycles. The number of pyridine rings is 1. The molecular weight excluding hydrogens is 324 g/mol. The van der Waals surface area contributed by atoms with Crippen LogP contribution in [0.25, 0.3) is 0 Å². The highest BCUT2D eigenvalue weighted by molar-refractivity contribution is 5.40. The first-order valence-electron chi connectivity index (χ1n) is 9.63. The van der Waals surface area contributed by atoms with Gasteiger partial charge in [0.05, 0.1) is 6.20 Å². The molecule has 0 atom stereocenters. The Labute approximate surface area is 157 Å². The molecule has 0 aliphatic carbocycles. The maximum atomic E-state index is 4.67. The van der Waals surface area contributed by atoms with E-state index in [2.05, 4.69) is 70.1 Å². The van der Waals surface area contributed by atoms with Gasteiger partial charge >= 0.3 is 0 Å². The molecule has 1 saturated heterocycles. The molecule has 2 N–H and O–H groups in total. The Hall–Kier alpha value is -1.92. The first-order chi connectivity index (χ1) is 12.5. The molecule has 3 rings (SSSR count). The molecule has 0 radical (unpaired) electrons. The summed E-state index contributed by atoms with van der Waals surface area (Å²) in [4.78, 5) is 9.54. The lowest BCUT2D eigenvalue weighted by Crippen LogP contribution is -2.46. The molecule has 0 spiro atoms. The van der Waals surface area contributed by atoms with Gasteiger partial charge in [-0.25, -0.2) is 4.98 Å². The zero-order valence-electron chi connectivity index (χ0n) is 16.5. The summed E-state index contributed by atoms with van der Waals surface area (Å²) < 4.78 is 0. The molecule has 1 aliphatic heterocycles. The zero-order chi connectivity index (χ0) is 18.6. The highest BCUT2D eigenvalue weighted by Crippen LogP contribution is 2.23. The van der Waals surface area contributed by atoms with Gasteiger partial charge in [0.2, 0.25) is 0 Å². The summed E-state index contributed by atoms with van der Waals surface area (Å²) in [5.74, 6) is 1.09. The van der Waals surface area contributed by atoms with Crippen LogP contribution in [0.5, 0.6) is 0 Å². The molecule has 0 unspecified atom stereocenters. The van der Waals surface area contributed by atoms with E-state index in [-0.39, 0.29) is 5.41 Å². The van der Waals surface area contributed by atoms with Crippen LogP contribution in [-0.2, 0) is 18.5 Å². The summed E-state index contributed by atoms with van der Waals surface area (Å²) in [6, 6.07) is 4.33. The van der Waals surface area contributed by atoms with Crippen molar-refractivity contribution in [2.75, 3.05) is 37.6 Å². The van der Waals surface area contributed by atoms with E-state index in [0.29, 0.717) is 0 Å². The van der Waals surface area contributed by atoms with E-state index < -0.39 is 0 Å². The van der Waals surface area contributed by atoms with E-state index in [4.69, 9.17) is 0 Å². The van der Waals surface area contributed by atoms with E-state index in [0.717, 1.165) is 51.6 Å². The number of nitrogens with one attached hydrogen (secondary N) is 2. The highest BCUT2D eigenvalue weighted by atomic mass is 15.3. The third-order valence-corrected chi connectivity index (χ3v) is 5.07. The zero-order valence-corrected chi connectivity index (χ0v) is 16.5. The number of aromatic amines is 1. The lowest BCUT2D eigenvalue weighted by Gasteiger charge is -2.34. The second-order valence-corrected chi connectivity index (χ2v) is 8.07. The molecule has 0 saturated carbocycles. The van der Waals surface area contributed by atoms with Crippen LogP contribution < -0.4 is 10.2 Å². The van der Waals surface area contributed by atoms with Crippen LogP contribution in [0.2, 0.25) is 0 Å². The Bertz CT molecular complexity index is 677. The van der Waals surface area contributed by atoms with E-state index >= 15 is 0 Å². The third-order valence-electron chi connectivity index (χ3n) is 5.07. The molecule has 1 fully saturated rings. The number of hydrogen-bond donors (Lipinski definition) is 2. The van der Waals surface area contributed by atoms with Crippen molar-refractivity contribution in [3.8, 4) is 0 Å². The number of rotatable bonds is 6. The molecule has 3 heterocycles. The van der Waals surface area contributed by atoms with E-state index in [1.807, 2.05) is 12.4 Å². The molecule has 142 valence electrons. The van der Waals surface area contributed by atoms with Crippen LogP contribution in [-0.4, -0.2) is 52.8 Å². The normalized spacial score (nSPS) is 16.2. The fourth-order valence-corrected chi connectivity index (χ4v) is 3.44. The SMILES string of the molecule is CCN1CCN(c2ccc(CNCc3cn[nH]c3C(C)(C)C)cn2)CC1. The predicted octanol–water partition coefficient (Wildman–Crippen LogP) is 2.53. The summed E-state index contributed by atoms with van der Waals surface area (Å²) in [5, 5.41) is 10.8. The topological polar surface area (TPSA) is 60.1 Å². The van der Waals surface area contributed by atoms with Crippen molar-refractivity contribution in [1.29, 1.82) is 0 Å². The molecule has 2 aromatic rings. The van der Waals surface area contributed by atoms with Gasteiger partial charge in [-0.05, 0) is 18.2 Å².